The zero-order valence-corrected chi connectivity index (χ0v) is 12.9. The quantitative estimate of drug-likeness (QED) is 0.835. The minimum atomic E-state index is 0.384. The van der Waals surface area contributed by atoms with Crippen LogP contribution in [0.5, 0.6) is 0 Å². The summed E-state index contributed by atoms with van der Waals surface area (Å²) in [7, 11) is 2.30. The third kappa shape index (κ3) is 3.08. The van der Waals surface area contributed by atoms with Gasteiger partial charge in [-0.2, -0.15) is 0 Å². The molecular formula is C16H32N2. The summed E-state index contributed by atoms with van der Waals surface area (Å²) in [6.45, 7) is 9.55. The Hall–Kier alpha value is -0.0800. The van der Waals surface area contributed by atoms with E-state index in [-0.39, 0.29) is 0 Å². The molecule has 0 amide bonds. The van der Waals surface area contributed by atoms with Crippen LogP contribution in [0.25, 0.3) is 0 Å². The molecule has 0 bridgehead atoms. The van der Waals surface area contributed by atoms with Crippen molar-refractivity contribution < 1.29 is 0 Å². The van der Waals surface area contributed by atoms with Crippen LogP contribution in [0, 0.1) is 17.3 Å². The van der Waals surface area contributed by atoms with Crippen molar-refractivity contribution in [1.82, 2.24) is 4.90 Å². The summed E-state index contributed by atoms with van der Waals surface area (Å²) in [6.07, 6.45) is 6.66. The van der Waals surface area contributed by atoms with Gasteiger partial charge in [0.05, 0.1) is 0 Å². The SMILES string of the molecule is CC(C1CC1)N(C)C1CC(C(C)(C)C)CCC1N. The van der Waals surface area contributed by atoms with E-state index in [1.54, 1.807) is 0 Å². The summed E-state index contributed by atoms with van der Waals surface area (Å²) in [5.74, 6) is 1.77. The van der Waals surface area contributed by atoms with Crippen molar-refractivity contribution in [2.24, 2.45) is 23.0 Å². The maximum Gasteiger partial charge on any atom is 0.0249 e. The van der Waals surface area contributed by atoms with Gasteiger partial charge in [-0.15, -0.1) is 0 Å². The Morgan fingerprint density at radius 3 is 2.22 bits per heavy atom. The highest BCUT2D eigenvalue weighted by atomic mass is 15.2. The van der Waals surface area contributed by atoms with Crippen LogP contribution in [0.15, 0.2) is 0 Å². The van der Waals surface area contributed by atoms with Crippen LogP contribution in [-0.2, 0) is 0 Å². The van der Waals surface area contributed by atoms with Gasteiger partial charge in [-0.05, 0) is 63.3 Å². The fourth-order valence-electron chi connectivity index (χ4n) is 3.64. The number of nitrogens with zero attached hydrogens (tertiary/aromatic N) is 1. The van der Waals surface area contributed by atoms with E-state index in [1.807, 2.05) is 0 Å². The summed E-state index contributed by atoms with van der Waals surface area (Å²) in [6, 6.07) is 1.70. The van der Waals surface area contributed by atoms with Crippen LogP contribution in [0.1, 0.15) is 59.8 Å². The van der Waals surface area contributed by atoms with Gasteiger partial charge in [0.25, 0.3) is 0 Å². The van der Waals surface area contributed by atoms with Gasteiger partial charge in [0.1, 0.15) is 0 Å². The Morgan fingerprint density at radius 2 is 1.72 bits per heavy atom. The predicted molar refractivity (Wildman–Crippen MR) is 78.5 cm³/mol. The minimum absolute atomic E-state index is 0.384. The summed E-state index contributed by atoms with van der Waals surface area (Å²) in [5, 5.41) is 0. The lowest BCUT2D eigenvalue weighted by molar-refractivity contribution is 0.0589. The van der Waals surface area contributed by atoms with Crippen LogP contribution in [0.3, 0.4) is 0 Å². The van der Waals surface area contributed by atoms with Gasteiger partial charge in [-0.25, -0.2) is 0 Å². The highest BCUT2D eigenvalue weighted by molar-refractivity contribution is 4.95. The largest absolute Gasteiger partial charge is 0.326 e. The fraction of sp³-hybridized carbons (Fsp3) is 1.00. The molecule has 0 aromatic rings. The van der Waals surface area contributed by atoms with Gasteiger partial charge in [-0.3, -0.25) is 4.90 Å². The number of hydrogen-bond acceptors (Lipinski definition) is 2. The monoisotopic (exact) mass is 252 g/mol. The van der Waals surface area contributed by atoms with Crippen LogP contribution in [-0.4, -0.2) is 30.1 Å². The molecule has 0 aromatic heterocycles. The second-order valence-electron chi connectivity index (χ2n) is 7.85. The lowest BCUT2D eigenvalue weighted by Gasteiger charge is -2.46. The highest BCUT2D eigenvalue weighted by Gasteiger charge is 2.40. The van der Waals surface area contributed by atoms with E-state index in [0.29, 0.717) is 17.5 Å². The molecular weight excluding hydrogens is 220 g/mol. The van der Waals surface area contributed by atoms with E-state index in [1.165, 1.54) is 32.1 Å². The first-order chi connectivity index (χ1) is 8.30. The average Bonchev–Trinajstić information content (AvgIpc) is 3.10. The summed E-state index contributed by atoms with van der Waals surface area (Å²) in [4.78, 5) is 2.60. The van der Waals surface area contributed by atoms with Crippen LogP contribution >= 0.6 is 0 Å². The molecule has 2 rings (SSSR count). The van der Waals surface area contributed by atoms with Crippen LogP contribution in [0.2, 0.25) is 0 Å². The number of likely N-dealkylation sites (N-methyl/N-ethyl adjacent to an activating group) is 1. The zero-order chi connectivity index (χ0) is 13.5. The Kier molecular flexibility index (Phi) is 4.08. The van der Waals surface area contributed by atoms with Crippen molar-refractivity contribution in [2.75, 3.05) is 7.05 Å². The van der Waals surface area contributed by atoms with E-state index in [2.05, 4.69) is 39.6 Å². The van der Waals surface area contributed by atoms with Gasteiger partial charge in [0, 0.05) is 18.1 Å². The number of rotatable bonds is 3. The lowest BCUT2D eigenvalue weighted by Crippen LogP contribution is -2.54. The summed E-state index contributed by atoms with van der Waals surface area (Å²) < 4.78 is 0. The molecule has 4 unspecified atom stereocenters. The van der Waals surface area contributed by atoms with Crippen LogP contribution < -0.4 is 5.73 Å². The molecule has 2 nitrogen and oxygen atoms in total. The molecule has 2 fully saturated rings. The topological polar surface area (TPSA) is 29.3 Å². The third-order valence-corrected chi connectivity index (χ3v) is 5.56. The van der Waals surface area contributed by atoms with Crippen molar-refractivity contribution in [3.05, 3.63) is 0 Å². The van der Waals surface area contributed by atoms with E-state index < -0.39 is 0 Å². The summed E-state index contributed by atoms with van der Waals surface area (Å²) in [5.41, 5.74) is 6.83. The Balaban J connectivity index is 2.00. The molecule has 0 heterocycles. The third-order valence-electron chi connectivity index (χ3n) is 5.56. The molecule has 2 saturated carbocycles. The molecule has 0 saturated heterocycles. The molecule has 4 atom stereocenters. The van der Waals surface area contributed by atoms with E-state index in [9.17, 15) is 0 Å². The van der Waals surface area contributed by atoms with Crippen molar-refractivity contribution in [3.8, 4) is 0 Å². The highest BCUT2D eigenvalue weighted by Crippen LogP contribution is 2.41. The van der Waals surface area contributed by atoms with Crippen molar-refractivity contribution >= 4 is 0 Å². The van der Waals surface area contributed by atoms with Gasteiger partial charge in [0.15, 0.2) is 0 Å². The molecule has 0 aromatic carbocycles. The molecule has 2 aliphatic carbocycles. The predicted octanol–water partition coefficient (Wildman–Crippen LogP) is 3.26. The molecule has 2 N–H and O–H groups in total. The molecule has 2 aliphatic rings. The molecule has 0 spiro atoms. The van der Waals surface area contributed by atoms with Crippen molar-refractivity contribution in [2.45, 2.75) is 77.9 Å². The van der Waals surface area contributed by atoms with Gasteiger partial charge in [0.2, 0.25) is 0 Å². The second-order valence-corrected chi connectivity index (χ2v) is 7.85. The number of hydrogen-bond donors (Lipinski definition) is 1. The minimum Gasteiger partial charge on any atom is -0.326 e. The van der Waals surface area contributed by atoms with E-state index in [0.717, 1.165) is 17.9 Å². The van der Waals surface area contributed by atoms with Gasteiger partial charge >= 0.3 is 0 Å². The van der Waals surface area contributed by atoms with E-state index >= 15 is 0 Å². The number of nitrogens with two attached hydrogens (primary N) is 1. The van der Waals surface area contributed by atoms with Gasteiger partial charge < -0.3 is 5.73 Å². The Labute approximate surface area is 113 Å². The molecule has 18 heavy (non-hydrogen) atoms. The average molecular weight is 252 g/mol. The van der Waals surface area contributed by atoms with Crippen LogP contribution in [0.4, 0.5) is 0 Å². The lowest BCUT2D eigenvalue weighted by atomic mass is 9.69. The van der Waals surface area contributed by atoms with Crippen molar-refractivity contribution in [1.29, 1.82) is 0 Å². The second kappa shape index (κ2) is 5.13. The molecule has 0 aliphatic heterocycles. The maximum atomic E-state index is 6.40. The smallest absolute Gasteiger partial charge is 0.0249 e. The Morgan fingerprint density at radius 1 is 1.11 bits per heavy atom. The normalized spacial score (nSPS) is 35.8. The van der Waals surface area contributed by atoms with E-state index in [4.69, 9.17) is 5.73 Å². The first-order valence-electron chi connectivity index (χ1n) is 7.78. The Bertz CT molecular complexity index is 277. The first kappa shape index (κ1) is 14.3. The summed E-state index contributed by atoms with van der Waals surface area (Å²) >= 11 is 0. The molecule has 106 valence electrons. The standard InChI is InChI=1S/C16H32N2/c1-11(12-6-7-12)18(5)15-10-13(16(2,3)4)8-9-14(15)17/h11-15H,6-10,17H2,1-5H3. The first-order valence-corrected chi connectivity index (χ1v) is 7.78. The zero-order valence-electron chi connectivity index (χ0n) is 12.9. The van der Waals surface area contributed by atoms with Crippen molar-refractivity contribution in [3.63, 3.8) is 0 Å². The molecule has 2 heteroatoms. The maximum absolute atomic E-state index is 6.40. The fourth-order valence-corrected chi connectivity index (χ4v) is 3.64. The van der Waals surface area contributed by atoms with Gasteiger partial charge in [-0.1, -0.05) is 20.8 Å². The molecule has 0 radical (unpaired) electrons.